The molecular weight excluding hydrogens is 190 g/mol. The second kappa shape index (κ2) is 8.44. The van der Waals surface area contributed by atoms with E-state index in [1.807, 2.05) is 21.0 Å². The summed E-state index contributed by atoms with van der Waals surface area (Å²) in [7, 11) is 4.08. The van der Waals surface area contributed by atoms with Crippen LogP contribution in [0.3, 0.4) is 0 Å². The van der Waals surface area contributed by atoms with Crippen molar-refractivity contribution in [2.45, 2.75) is 19.4 Å². The maximum absolute atomic E-state index is 11.4. The molecule has 0 aliphatic carbocycles. The number of carbonyl (C=O) groups is 1. The molecule has 0 aliphatic rings. The fourth-order valence-corrected chi connectivity index (χ4v) is 1.13. The van der Waals surface area contributed by atoms with Crippen LogP contribution in [0.25, 0.3) is 0 Å². The highest BCUT2D eigenvalue weighted by Crippen LogP contribution is 1.85. The van der Waals surface area contributed by atoms with Crippen LogP contribution in [0, 0.1) is 0 Å². The smallest absolute Gasteiger partial charge is 0.237 e. The van der Waals surface area contributed by atoms with Crippen LogP contribution in [0.4, 0.5) is 0 Å². The quantitative estimate of drug-likeness (QED) is 0.448. The van der Waals surface area contributed by atoms with Gasteiger partial charge in [-0.1, -0.05) is 6.08 Å². The SMILES string of the molecule is C=CCNC(=O)C(C)NCCCN(C)C. The van der Waals surface area contributed by atoms with Gasteiger partial charge >= 0.3 is 0 Å². The van der Waals surface area contributed by atoms with Gasteiger partial charge in [-0.3, -0.25) is 4.79 Å². The molecule has 0 bridgehead atoms. The standard InChI is InChI=1S/C11H23N3O/c1-5-7-13-11(15)10(2)12-8-6-9-14(3)4/h5,10,12H,1,6-9H2,2-4H3,(H,13,15). The number of amides is 1. The first kappa shape index (κ1) is 14.1. The predicted octanol–water partition coefficient (Wildman–Crippen LogP) is 0.218. The first-order valence-corrected chi connectivity index (χ1v) is 5.34. The Bertz CT molecular complexity index is 192. The summed E-state index contributed by atoms with van der Waals surface area (Å²) in [6.45, 7) is 7.84. The van der Waals surface area contributed by atoms with E-state index in [0.29, 0.717) is 6.54 Å². The van der Waals surface area contributed by atoms with Crippen molar-refractivity contribution < 1.29 is 4.79 Å². The molecule has 0 rings (SSSR count). The van der Waals surface area contributed by atoms with Crippen LogP contribution >= 0.6 is 0 Å². The van der Waals surface area contributed by atoms with Gasteiger partial charge in [0.1, 0.15) is 0 Å². The summed E-state index contributed by atoms with van der Waals surface area (Å²) < 4.78 is 0. The number of hydrogen-bond donors (Lipinski definition) is 2. The van der Waals surface area contributed by atoms with Crippen molar-refractivity contribution in [2.24, 2.45) is 0 Å². The molecule has 0 spiro atoms. The lowest BCUT2D eigenvalue weighted by Gasteiger charge is -2.14. The molecular formula is C11H23N3O. The Morgan fingerprint density at radius 2 is 2.20 bits per heavy atom. The lowest BCUT2D eigenvalue weighted by atomic mass is 10.3. The first-order valence-electron chi connectivity index (χ1n) is 5.34. The number of carbonyl (C=O) groups excluding carboxylic acids is 1. The summed E-state index contributed by atoms with van der Waals surface area (Å²) in [5.74, 6) is 0.0275. The molecule has 0 saturated heterocycles. The van der Waals surface area contributed by atoms with Crippen molar-refractivity contribution in [3.63, 3.8) is 0 Å². The van der Waals surface area contributed by atoms with Gasteiger partial charge < -0.3 is 15.5 Å². The molecule has 0 aliphatic heterocycles. The molecule has 0 aromatic heterocycles. The summed E-state index contributed by atoms with van der Waals surface area (Å²) in [5.41, 5.74) is 0. The van der Waals surface area contributed by atoms with Gasteiger partial charge in [0.25, 0.3) is 0 Å². The number of nitrogens with zero attached hydrogens (tertiary/aromatic N) is 1. The Kier molecular flexibility index (Phi) is 7.95. The highest BCUT2D eigenvalue weighted by atomic mass is 16.2. The minimum Gasteiger partial charge on any atom is -0.351 e. The molecule has 4 nitrogen and oxygen atoms in total. The van der Waals surface area contributed by atoms with Crippen molar-refractivity contribution in [3.8, 4) is 0 Å². The summed E-state index contributed by atoms with van der Waals surface area (Å²) in [6.07, 6.45) is 2.72. The summed E-state index contributed by atoms with van der Waals surface area (Å²) in [6, 6.07) is -0.132. The Balaban J connectivity index is 3.50. The summed E-state index contributed by atoms with van der Waals surface area (Å²) >= 11 is 0. The first-order chi connectivity index (χ1) is 7.07. The van der Waals surface area contributed by atoms with Crippen molar-refractivity contribution in [3.05, 3.63) is 12.7 Å². The number of nitrogens with one attached hydrogen (secondary N) is 2. The van der Waals surface area contributed by atoms with E-state index in [9.17, 15) is 4.79 Å². The van der Waals surface area contributed by atoms with E-state index in [1.54, 1.807) is 6.08 Å². The van der Waals surface area contributed by atoms with E-state index in [0.717, 1.165) is 19.5 Å². The van der Waals surface area contributed by atoms with Crippen LogP contribution in [0.5, 0.6) is 0 Å². The van der Waals surface area contributed by atoms with Gasteiger partial charge in [0.2, 0.25) is 5.91 Å². The van der Waals surface area contributed by atoms with E-state index in [4.69, 9.17) is 0 Å². The Morgan fingerprint density at radius 3 is 2.73 bits per heavy atom. The second-order valence-corrected chi connectivity index (χ2v) is 3.87. The van der Waals surface area contributed by atoms with E-state index < -0.39 is 0 Å². The molecule has 15 heavy (non-hydrogen) atoms. The molecule has 4 heteroatoms. The minimum absolute atomic E-state index is 0.0275. The predicted molar refractivity (Wildman–Crippen MR) is 63.8 cm³/mol. The largest absolute Gasteiger partial charge is 0.351 e. The number of rotatable bonds is 8. The van der Waals surface area contributed by atoms with Crippen LogP contribution < -0.4 is 10.6 Å². The molecule has 1 unspecified atom stereocenters. The third-order valence-electron chi connectivity index (χ3n) is 2.05. The Hall–Kier alpha value is -0.870. The van der Waals surface area contributed by atoms with E-state index in [1.165, 1.54) is 0 Å². The monoisotopic (exact) mass is 213 g/mol. The normalized spacial score (nSPS) is 12.5. The average molecular weight is 213 g/mol. The lowest BCUT2D eigenvalue weighted by Crippen LogP contribution is -2.42. The molecule has 0 heterocycles. The van der Waals surface area contributed by atoms with Crippen molar-refractivity contribution >= 4 is 5.91 Å². The minimum atomic E-state index is -0.132. The van der Waals surface area contributed by atoms with Crippen molar-refractivity contribution in [1.29, 1.82) is 0 Å². The molecule has 0 saturated carbocycles. The maximum atomic E-state index is 11.4. The third-order valence-corrected chi connectivity index (χ3v) is 2.05. The fourth-order valence-electron chi connectivity index (χ4n) is 1.13. The van der Waals surface area contributed by atoms with Crippen molar-refractivity contribution in [1.82, 2.24) is 15.5 Å². The van der Waals surface area contributed by atoms with Gasteiger partial charge in [-0.05, 0) is 40.5 Å². The molecule has 0 aromatic rings. The number of hydrogen-bond acceptors (Lipinski definition) is 3. The van der Waals surface area contributed by atoms with Crippen molar-refractivity contribution in [2.75, 3.05) is 33.7 Å². The van der Waals surface area contributed by atoms with Crippen LogP contribution in [0.2, 0.25) is 0 Å². The molecule has 0 aromatic carbocycles. The molecule has 2 N–H and O–H groups in total. The van der Waals surface area contributed by atoms with Crippen LogP contribution in [-0.4, -0.2) is 50.6 Å². The molecule has 1 atom stereocenters. The van der Waals surface area contributed by atoms with Gasteiger partial charge in [-0.15, -0.1) is 6.58 Å². The molecule has 0 fully saturated rings. The zero-order valence-electron chi connectivity index (χ0n) is 10.0. The van der Waals surface area contributed by atoms with Gasteiger partial charge in [0, 0.05) is 6.54 Å². The summed E-state index contributed by atoms with van der Waals surface area (Å²) in [4.78, 5) is 13.5. The Morgan fingerprint density at radius 1 is 1.53 bits per heavy atom. The van der Waals surface area contributed by atoms with Crippen LogP contribution in [-0.2, 0) is 4.79 Å². The second-order valence-electron chi connectivity index (χ2n) is 3.87. The molecule has 1 amide bonds. The topological polar surface area (TPSA) is 44.4 Å². The highest BCUT2D eigenvalue weighted by Gasteiger charge is 2.09. The fraction of sp³-hybridized carbons (Fsp3) is 0.727. The lowest BCUT2D eigenvalue weighted by molar-refractivity contribution is -0.122. The van der Waals surface area contributed by atoms with Gasteiger partial charge in [0.05, 0.1) is 6.04 Å². The van der Waals surface area contributed by atoms with E-state index >= 15 is 0 Å². The maximum Gasteiger partial charge on any atom is 0.237 e. The Labute approximate surface area is 92.7 Å². The van der Waals surface area contributed by atoms with Gasteiger partial charge in [-0.25, -0.2) is 0 Å². The zero-order valence-corrected chi connectivity index (χ0v) is 10.0. The van der Waals surface area contributed by atoms with Crippen LogP contribution in [0.1, 0.15) is 13.3 Å². The third kappa shape index (κ3) is 8.15. The average Bonchev–Trinajstić information content (AvgIpc) is 2.20. The molecule has 88 valence electrons. The summed E-state index contributed by atoms with van der Waals surface area (Å²) in [5, 5.41) is 5.93. The molecule has 0 radical (unpaired) electrons. The van der Waals surface area contributed by atoms with E-state index in [2.05, 4.69) is 22.1 Å². The zero-order chi connectivity index (χ0) is 11.7. The highest BCUT2D eigenvalue weighted by molar-refractivity contribution is 5.81. The van der Waals surface area contributed by atoms with Gasteiger partial charge in [0.15, 0.2) is 0 Å². The van der Waals surface area contributed by atoms with Crippen LogP contribution in [0.15, 0.2) is 12.7 Å². The van der Waals surface area contributed by atoms with Gasteiger partial charge in [-0.2, -0.15) is 0 Å². The van der Waals surface area contributed by atoms with E-state index in [-0.39, 0.29) is 11.9 Å².